The number of ether oxygens (including phenoxy) is 1. The van der Waals surface area contributed by atoms with Gasteiger partial charge in [0.1, 0.15) is 24.6 Å². The molecule has 15 heteroatoms. The summed E-state index contributed by atoms with van der Waals surface area (Å²) in [5, 5.41) is 24.0. The quantitative estimate of drug-likeness (QED) is 0.382. The standard InChI is InChI=1S/C19H28F3N7O4S/c1-12-11-29(30,7-8-33-12)17-15-10-23-18(25-16(15)26-27-17)24-13-2-4-14(5-3-13)28-34(31,32)9-6-19(20,21)22/h10,12-14,28H,2-9,11H2,1H3,(H2,23,24,25,26,27)/t12-,13?,14?,29?/m0/s1. The maximum atomic E-state index is 13.2. The molecule has 2 aliphatic rings. The van der Waals surface area contributed by atoms with Crippen LogP contribution in [-0.2, 0) is 14.8 Å². The average Bonchev–Trinajstić information content (AvgIpc) is 3.17. The summed E-state index contributed by atoms with van der Waals surface area (Å²) in [6.07, 6.45) is -2.34. The number of nitrogens with one attached hydrogen (secondary N) is 3. The van der Waals surface area contributed by atoms with E-state index in [0.29, 0.717) is 55.1 Å². The smallest absolute Gasteiger partial charge is 0.390 e. The van der Waals surface area contributed by atoms with Gasteiger partial charge < -0.3 is 19.9 Å². The monoisotopic (exact) mass is 507 g/mol. The van der Waals surface area contributed by atoms with Gasteiger partial charge in [0.05, 0.1) is 18.8 Å². The summed E-state index contributed by atoms with van der Waals surface area (Å²) in [7, 11) is -3.99. The Hall–Kier alpha value is -2.07. The molecule has 1 saturated carbocycles. The van der Waals surface area contributed by atoms with Gasteiger partial charge in [-0.25, -0.2) is 23.2 Å². The van der Waals surface area contributed by atoms with Crippen LogP contribution in [0, 0.1) is 5.21 Å². The van der Waals surface area contributed by atoms with E-state index in [1.807, 2.05) is 6.92 Å². The minimum absolute atomic E-state index is 0.0234. The zero-order chi connectivity index (χ0) is 24.6. The van der Waals surface area contributed by atoms with E-state index in [0.717, 1.165) is 0 Å². The number of alkyl halides is 3. The predicted octanol–water partition coefficient (Wildman–Crippen LogP) is 2.17. The van der Waals surface area contributed by atoms with Gasteiger partial charge in [-0.1, -0.05) is 0 Å². The van der Waals surface area contributed by atoms with E-state index in [1.165, 1.54) is 0 Å². The molecule has 3 heterocycles. The van der Waals surface area contributed by atoms with Gasteiger partial charge in [0.25, 0.3) is 0 Å². The maximum absolute atomic E-state index is 13.2. The van der Waals surface area contributed by atoms with Crippen LogP contribution >= 0.6 is 0 Å². The number of hydrogen-bond acceptors (Lipinski definition) is 8. The number of hydrogen-bond donors (Lipinski definition) is 3. The Morgan fingerprint density at radius 1 is 1.26 bits per heavy atom. The van der Waals surface area contributed by atoms with E-state index in [1.54, 1.807) is 6.20 Å². The summed E-state index contributed by atoms with van der Waals surface area (Å²) in [5.74, 6) is -0.230. The molecule has 190 valence electrons. The van der Waals surface area contributed by atoms with Gasteiger partial charge in [-0.3, -0.25) is 0 Å². The average molecular weight is 508 g/mol. The Labute approximate surface area is 194 Å². The van der Waals surface area contributed by atoms with E-state index in [2.05, 4.69) is 30.2 Å². The number of hydroxylamine groups is 2. The van der Waals surface area contributed by atoms with Crippen molar-refractivity contribution in [3.05, 3.63) is 11.4 Å². The highest BCUT2D eigenvalue weighted by Crippen LogP contribution is 2.31. The van der Waals surface area contributed by atoms with Gasteiger partial charge in [-0.05, 0) is 32.6 Å². The molecule has 0 bridgehead atoms. The van der Waals surface area contributed by atoms with Crippen molar-refractivity contribution in [3.63, 3.8) is 0 Å². The van der Waals surface area contributed by atoms with Crippen molar-refractivity contribution in [2.75, 3.05) is 30.8 Å². The SMILES string of the molecule is C[C@H]1C[N+]([O-])(c2[nH]nc3nc(NC4CCC(NS(=O)(=O)CCC(F)(F)F)CC4)ncc23)CCO1. The second kappa shape index (κ2) is 9.53. The van der Waals surface area contributed by atoms with E-state index in [-0.39, 0.29) is 25.2 Å². The fourth-order valence-corrected chi connectivity index (χ4v) is 5.80. The van der Waals surface area contributed by atoms with Crippen LogP contribution in [0.3, 0.4) is 0 Å². The Bertz CT molecular complexity index is 1100. The van der Waals surface area contributed by atoms with Crippen LogP contribution in [0.15, 0.2) is 6.20 Å². The first kappa shape index (κ1) is 25.0. The van der Waals surface area contributed by atoms with Crippen molar-refractivity contribution in [1.82, 2.24) is 29.5 Å². The van der Waals surface area contributed by atoms with E-state index < -0.39 is 39.1 Å². The molecule has 1 saturated heterocycles. The second-order valence-corrected chi connectivity index (χ2v) is 10.8. The van der Waals surface area contributed by atoms with E-state index >= 15 is 0 Å². The zero-order valence-electron chi connectivity index (χ0n) is 18.6. The molecule has 2 aromatic rings. The highest BCUT2D eigenvalue weighted by Gasteiger charge is 2.33. The molecule has 11 nitrogen and oxygen atoms in total. The molecule has 2 atom stereocenters. The number of halogens is 3. The molecule has 1 aliphatic carbocycles. The second-order valence-electron chi connectivity index (χ2n) is 8.97. The number of H-pyrrole nitrogens is 1. The normalized spacial score (nSPS) is 28.8. The third-order valence-electron chi connectivity index (χ3n) is 6.17. The fraction of sp³-hybridized carbons (Fsp3) is 0.737. The van der Waals surface area contributed by atoms with Crippen molar-refractivity contribution < 1.29 is 26.3 Å². The molecule has 34 heavy (non-hydrogen) atoms. The number of anilines is 1. The summed E-state index contributed by atoms with van der Waals surface area (Å²) >= 11 is 0. The zero-order valence-corrected chi connectivity index (χ0v) is 19.5. The number of rotatable bonds is 7. The summed E-state index contributed by atoms with van der Waals surface area (Å²) in [6.45, 7) is 2.74. The van der Waals surface area contributed by atoms with Crippen molar-refractivity contribution in [1.29, 1.82) is 0 Å². The molecule has 0 spiro atoms. The van der Waals surface area contributed by atoms with Gasteiger partial charge in [0.15, 0.2) is 5.65 Å². The van der Waals surface area contributed by atoms with Crippen molar-refractivity contribution in [2.45, 2.75) is 63.4 Å². The molecule has 0 amide bonds. The molecule has 1 unspecified atom stereocenters. The third kappa shape index (κ3) is 6.13. The number of morpholine rings is 1. The highest BCUT2D eigenvalue weighted by atomic mass is 32.2. The van der Waals surface area contributed by atoms with Crippen LogP contribution in [-0.4, -0.2) is 78.4 Å². The summed E-state index contributed by atoms with van der Waals surface area (Å²) in [4.78, 5) is 8.72. The Balaban J connectivity index is 1.33. The Morgan fingerprint density at radius 2 is 1.97 bits per heavy atom. The molecular formula is C19H28F3N7O4S. The lowest BCUT2D eigenvalue weighted by Crippen LogP contribution is -2.54. The molecule has 2 aromatic heterocycles. The van der Waals surface area contributed by atoms with Crippen LogP contribution < -0.4 is 14.7 Å². The summed E-state index contributed by atoms with van der Waals surface area (Å²) < 4.78 is 68.0. The highest BCUT2D eigenvalue weighted by molar-refractivity contribution is 7.89. The first-order valence-electron chi connectivity index (χ1n) is 11.2. The first-order valence-corrected chi connectivity index (χ1v) is 12.8. The number of aromatic amines is 1. The number of quaternary nitrogens is 1. The topological polar surface area (TPSA) is 145 Å². The molecule has 0 aromatic carbocycles. The van der Waals surface area contributed by atoms with Crippen molar-refractivity contribution in [3.8, 4) is 0 Å². The van der Waals surface area contributed by atoms with Crippen LogP contribution in [0.1, 0.15) is 39.0 Å². The third-order valence-corrected chi connectivity index (χ3v) is 7.60. The van der Waals surface area contributed by atoms with Crippen molar-refractivity contribution in [2.24, 2.45) is 0 Å². The predicted molar refractivity (Wildman–Crippen MR) is 119 cm³/mol. The van der Waals surface area contributed by atoms with Gasteiger partial charge in [0.2, 0.25) is 21.8 Å². The van der Waals surface area contributed by atoms with Gasteiger partial charge in [0, 0.05) is 18.3 Å². The first-order chi connectivity index (χ1) is 15.9. The molecule has 4 rings (SSSR count). The van der Waals surface area contributed by atoms with Crippen LogP contribution in [0.4, 0.5) is 24.9 Å². The number of nitrogens with zero attached hydrogens (tertiary/aromatic N) is 4. The molecule has 1 aliphatic heterocycles. The lowest BCUT2D eigenvalue weighted by molar-refractivity contribution is -0.130. The van der Waals surface area contributed by atoms with Crippen LogP contribution in [0.2, 0.25) is 0 Å². The molecule has 3 N–H and O–H groups in total. The van der Waals surface area contributed by atoms with Crippen LogP contribution in [0.25, 0.3) is 11.0 Å². The Morgan fingerprint density at radius 3 is 2.65 bits per heavy atom. The molecular weight excluding hydrogens is 479 g/mol. The summed E-state index contributed by atoms with van der Waals surface area (Å²) in [6, 6.07) is -0.425. The van der Waals surface area contributed by atoms with Crippen LogP contribution in [0.5, 0.6) is 0 Å². The van der Waals surface area contributed by atoms with Crippen molar-refractivity contribution >= 4 is 32.8 Å². The lowest BCUT2D eigenvalue weighted by Gasteiger charge is -2.45. The van der Waals surface area contributed by atoms with E-state index in [4.69, 9.17) is 4.74 Å². The lowest BCUT2D eigenvalue weighted by atomic mass is 9.92. The number of sulfonamides is 1. The summed E-state index contributed by atoms with van der Waals surface area (Å²) in [5.41, 5.74) is 0.367. The number of aromatic nitrogens is 4. The largest absolute Gasteiger partial charge is 0.626 e. The minimum atomic E-state index is -4.51. The minimum Gasteiger partial charge on any atom is -0.626 e. The van der Waals surface area contributed by atoms with E-state index in [9.17, 15) is 26.8 Å². The van der Waals surface area contributed by atoms with Gasteiger partial charge in [-0.2, -0.15) is 18.2 Å². The Kier molecular flexibility index (Phi) is 7.01. The molecule has 0 radical (unpaired) electrons. The maximum Gasteiger partial charge on any atom is 0.390 e. The van der Waals surface area contributed by atoms with Gasteiger partial charge >= 0.3 is 6.18 Å². The van der Waals surface area contributed by atoms with Gasteiger partial charge in [-0.15, -0.1) is 5.10 Å². The fourth-order valence-electron chi connectivity index (χ4n) is 4.44. The number of fused-ring (bicyclic) bond motifs is 1. The molecule has 2 fully saturated rings.